The third-order valence-corrected chi connectivity index (χ3v) is 10.7. The molecule has 10 aromatic rings. The standard InChI is InChI=1S/C25H26N8O.C23H22N8O/c1-5-34-18-7-9-21(32-15-27-14-30-32)19(11-18)23-31-20-10-16(17-12-28-24(26)29-13-17)6-8-22(20)33(23)25(2,3)4;1-23(2,3)31-20-6-4-14(15-10-26-22(24)27-11-15)8-18(20)29-21(31)17-9-16(32)5-7-19(17)30-13-25-12-28-30/h6-15H,5H2,1-4H3,(H2,26,28,29);4-13,32H,1-3H3,(H2,24,26,27). The van der Waals surface area contributed by atoms with Gasteiger partial charge >= 0.3 is 0 Å². The summed E-state index contributed by atoms with van der Waals surface area (Å²) in [5.41, 5.74) is 21.4. The first kappa shape index (κ1) is 42.7. The van der Waals surface area contributed by atoms with Gasteiger partial charge in [-0.15, -0.1) is 0 Å². The van der Waals surface area contributed by atoms with E-state index in [1.165, 1.54) is 12.7 Å². The number of imidazole rings is 2. The number of fused-ring (bicyclic) bond motifs is 2. The van der Waals surface area contributed by atoms with Crippen molar-refractivity contribution < 1.29 is 9.84 Å². The Bertz CT molecular complexity index is 3310. The molecular formula is C48H48N16O2. The van der Waals surface area contributed by atoms with Crippen LogP contribution in [0.25, 0.3) is 78.5 Å². The first-order valence-electron chi connectivity index (χ1n) is 21.2. The van der Waals surface area contributed by atoms with Gasteiger partial charge in [0, 0.05) is 58.1 Å². The highest BCUT2D eigenvalue weighted by atomic mass is 16.5. The molecule has 332 valence electrons. The van der Waals surface area contributed by atoms with Gasteiger partial charge in [0.25, 0.3) is 0 Å². The van der Waals surface area contributed by atoms with E-state index >= 15 is 0 Å². The lowest BCUT2D eigenvalue weighted by Gasteiger charge is -2.25. The van der Waals surface area contributed by atoms with E-state index in [4.69, 9.17) is 26.2 Å². The van der Waals surface area contributed by atoms with Gasteiger partial charge in [-0.2, -0.15) is 10.2 Å². The maximum atomic E-state index is 10.3. The van der Waals surface area contributed by atoms with Crippen LogP contribution >= 0.6 is 0 Å². The summed E-state index contributed by atoms with van der Waals surface area (Å²) < 4.78 is 13.6. The molecule has 0 radical (unpaired) electrons. The summed E-state index contributed by atoms with van der Waals surface area (Å²) in [6.45, 7) is 15.4. The average Bonchev–Trinajstić information content (AvgIpc) is 4.13. The minimum Gasteiger partial charge on any atom is -0.508 e. The number of nitrogen functional groups attached to an aromatic ring is 2. The molecular weight excluding hydrogens is 833 g/mol. The number of aromatic hydroxyl groups is 1. The Balaban J connectivity index is 0.000000166. The topological polar surface area (TPSA) is 230 Å². The normalized spacial score (nSPS) is 11.8. The van der Waals surface area contributed by atoms with Gasteiger partial charge < -0.3 is 30.4 Å². The Morgan fingerprint density at radius 2 is 1.02 bits per heavy atom. The summed E-state index contributed by atoms with van der Waals surface area (Å²) in [6, 6.07) is 23.3. The fraction of sp³-hybridized carbons (Fsp3) is 0.208. The van der Waals surface area contributed by atoms with E-state index in [-0.39, 0.29) is 28.7 Å². The molecule has 0 saturated heterocycles. The number of nitrogens with zero attached hydrogens (tertiary/aromatic N) is 14. The molecule has 5 N–H and O–H groups in total. The highest BCUT2D eigenvalue weighted by molar-refractivity contribution is 5.88. The number of hydrogen-bond acceptors (Lipinski definition) is 14. The van der Waals surface area contributed by atoms with Crippen LogP contribution in [-0.2, 0) is 11.1 Å². The van der Waals surface area contributed by atoms with Gasteiger partial charge in [-0.1, -0.05) is 12.1 Å². The zero-order valence-electron chi connectivity index (χ0n) is 37.5. The average molecular weight is 881 g/mol. The van der Waals surface area contributed by atoms with Crippen molar-refractivity contribution in [2.75, 3.05) is 18.1 Å². The molecule has 6 aromatic heterocycles. The Labute approximate surface area is 379 Å². The third-order valence-electron chi connectivity index (χ3n) is 10.7. The van der Waals surface area contributed by atoms with Gasteiger partial charge in [-0.25, -0.2) is 49.2 Å². The van der Waals surface area contributed by atoms with Crippen molar-refractivity contribution in [3.05, 3.63) is 123 Å². The number of nitrogens with two attached hydrogens (primary N) is 2. The lowest BCUT2D eigenvalue weighted by atomic mass is 10.0. The summed E-state index contributed by atoms with van der Waals surface area (Å²) in [5.74, 6) is 2.95. The highest BCUT2D eigenvalue weighted by Gasteiger charge is 2.27. The zero-order valence-corrected chi connectivity index (χ0v) is 37.5. The van der Waals surface area contributed by atoms with E-state index in [2.05, 4.69) is 109 Å². The quantitative estimate of drug-likeness (QED) is 0.130. The number of phenolic OH excluding ortho intramolecular Hbond substituents is 1. The highest BCUT2D eigenvalue weighted by Crippen LogP contribution is 2.39. The zero-order chi connectivity index (χ0) is 46.3. The van der Waals surface area contributed by atoms with Crippen LogP contribution in [-0.4, -0.2) is 80.3 Å². The van der Waals surface area contributed by atoms with E-state index in [0.717, 1.165) is 84.2 Å². The third kappa shape index (κ3) is 8.34. The smallest absolute Gasteiger partial charge is 0.219 e. The number of phenols is 1. The van der Waals surface area contributed by atoms with Crippen molar-refractivity contribution >= 4 is 34.0 Å². The molecule has 0 aliphatic heterocycles. The number of aromatic nitrogens is 14. The predicted molar refractivity (Wildman–Crippen MR) is 254 cm³/mol. The van der Waals surface area contributed by atoms with Crippen LogP contribution in [0.4, 0.5) is 11.9 Å². The lowest BCUT2D eigenvalue weighted by Crippen LogP contribution is -2.23. The van der Waals surface area contributed by atoms with Crippen LogP contribution in [0, 0.1) is 0 Å². The Morgan fingerprint density at radius 1 is 0.561 bits per heavy atom. The second kappa shape index (κ2) is 16.9. The molecule has 0 fully saturated rings. The van der Waals surface area contributed by atoms with E-state index < -0.39 is 0 Å². The molecule has 0 aliphatic rings. The summed E-state index contributed by atoms with van der Waals surface area (Å²) in [4.78, 5) is 34.7. The second-order valence-corrected chi connectivity index (χ2v) is 17.4. The molecule has 0 amide bonds. The van der Waals surface area contributed by atoms with Gasteiger partial charge in [-0.05, 0) is 120 Å². The summed E-state index contributed by atoms with van der Waals surface area (Å²) in [5, 5.41) is 18.9. The first-order valence-corrected chi connectivity index (χ1v) is 21.2. The summed E-state index contributed by atoms with van der Waals surface area (Å²) in [6.07, 6.45) is 13.1. The van der Waals surface area contributed by atoms with Crippen LogP contribution in [0.2, 0.25) is 0 Å². The second-order valence-electron chi connectivity index (χ2n) is 17.4. The van der Waals surface area contributed by atoms with Gasteiger partial charge in [0.2, 0.25) is 11.9 Å². The van der Waals surface area contributed by atoms with Crippen molar-refractivity contribution in [3.8, 4) is 67.9 Å². The van der Waals surface area contributed by atoms with Crippen molar-refractivity contribution in [1.29, 1.82) is 0 Å². The van der Waals surface area contributed by atoms with Gasteiger partial charge in [0.05, 0.1) is 40.0 Å². The van der Waals surface area contributed by atoms with Crippen LogP contribution in [0.3, 0.4) is 0 Å². The van der Waals surface area contributed by atoms with Crippen molar-refractivity contribution in [3.63, 3.8) is 0 Å². The van der Waals surface area contributed by atoms with E-state index in [9.17, 15) is 5.11 Å². The number of rotatable bonds is 8. The number of anilines is 2. The van der Waals surface area contributed by atoms with Gasteiger partial charge in [0.15, 0.2) is 0 Å². The molecule has 0 saturated carbocycles. The van der Waals surface area contributed by atoms with Crippen LogP contribution in [0.15, 0.2) is 123 Å². The minimum atomic E-state index is -0.277. The molecule has 18 nitrogen and oxygen atoms in total. The summed E-state index contributed by atoms with van der Waals surface area (Å²) in [7, 11) is 0. The Hall–Kier alpha value is -8.54. The van der Waals surface area contributed by atoms with Crippen molar-refractivity contribution in [2.24, 2.45) is 0 Å². The molecule has 6 heterocycles. The maximum absolute atomic E-state index is 10.3. The Kier molecular flexibility index (Phi) is 10.9. The lowest BCUT2D eigenvalue weighted by molar-refractivity contribution is 0.340. The number of ether oxygens (including phenoxy) is 1. The monoisotopic (exact) mass is 880 g/mol. The summed E-state index contributed by atoms with van der Waals surface area (Å²) >= 11 is 0. The molecule has 0 aliphatic carbocycles. The van der Waals surface area contributed by atoms with Crippen molar-refractivity contribution in [1.82, 2.24) is 68.6 Å². The minimum absolute atomic E-state index is 0.149. The van der Waals surface area contributed by atoms with Gasteiger partial charge in [0.1, 0.15) is 48.5 Å². The molecule has 10 rings (SSSR count). The molecule has 4 aromatic carbocycles. The van der Waals surface area contributed by atoms with Crippen molar-refractivity contribution in [2.45, 2.75) is 59.5 Å². The fourth-order valence-corrected chi connectivity index (χ4v) is 7.93. The van der Waals surface area contributed by atoms with Gasteiger partial charge in [-0.3, -0.25) is 0 Å². The number of benzene rings is 4. The predicted octanol–water partition coefficient (Wildman–Crippen LogP) is 8.26. The molecule has 66 heavy (non-hydrogen) atoms. The first-order chi connectivity index (χ1) is 31.7. The largest absolute Gasteiger partial charge is 0.508 e. The van der Waals surface area contributed by atoms with Crippen LogP contribution < -0.4 is 16.2 Å². The van der Waals surface area contributed by atoms with E-state index in [1.54, 1.807) is 58.9 Å². The molecule has 18 heteroatoms. The van der Waals surface area contributed by atoms with E-state index in [1.807, 2.05) is 49.4 Å². The van der Waals surface area contributed by atoms with E-state index in [0.29, 0.717) is 6.61 Å². The maximum Gasteiger partial charge on any atom is 0.219 e. The molecule has 0 atom stereocenters. The van der Waals surface area contributed by atoms with Crippen LogP contribution in [0.5, 0.6) is 11.5 Å². The molecule has 0 unspecified atom stereocenters. The van der Waals surface area contributed by atoms with Crippen LogP contribution in [0.1, 0.15) is 48.5 Å². The fourth-order valence-electron chi connectivity index (χ4n) is 7.93. The SMILES string of the molecule is CC(C)(C)n1c(-c2cc(O)ccc2-n2cncn2)nc2cc(-c3cnc(N)nc3)ccc21.CCOc1ccc(-n2cncn2)c(-c2nc3cc(-c4cnc(N)nc4)ccc3n2C(C)(C)C)c1. The Morgan fingerprint density at radius 3 is 1.44 bits per heavy atom. The molecule has 0 spiro atoms. The number of hydrogen-bond donors (Lipinski definition) is 3. The molecule has 0 bridgehead atoms.